The molecule has 1 atom stereocenters. The fourth-order valence-electron chi connectivity index (χ4n) is 2.84. The van der Waals surface area contributed by atoms with Crippen molar-refractivity contribution in [2.75, 3.05) is 13.2 Å². The molecule has 0 spiro atoms. The third-order valence-corrected chi connectivity index (χ3v) is 4.17. The van der Waals surface area contributed by atoms with Gasteiger partial charge in [0.1, 0.15) is 11.5 Å². The number of aromatic nitrogens is 4. The van der Waals surface area contributed by atoms with E-state index in [1.807, 2.05) is 24.7 Å². The summed E-state index contributed by atoms with van der Waals surface area (Å²) in [6.45, 7) is 3.27. The van der Waals surface area contributed by atoms with Crippen molar-refractivity contribution in [1.29, 1.82) is 0 Å². The Morgan fingerprint density at radius 3 is 2.70 bits per heavy atom. The molecule has 23 heavy (non-hydrogen) atoms. The van der Waals surface area contributed by atoms with E-state index in [0.717, 1.165) is 24.4 Å². The summed E-state index contributed by atoms with van der Waals surface area (Å²) in [5.41, 5.74) is 1.11. The summed E-state index contributed by atoms with van der Waals surface area (Å²) in [5, 5.41) is 3.09. The first-order valence-corrected chi connectivity index (χ1v) is 7.79. The highest BCUT2D eigenvalue weighted by Gasteiger charge is 2.30. The van der Waals surface area contributed by atoms with Crippen molar-refractivity contribution in [1.82, 2.24) is 24.8 Å². The van der Waals surface area contributed by atoms with Gasteiger partial charge < -0.3 is 14.6 Å². The lowest BCUT2D eigenvalue weighted by Gasteiger charge is -2.30. The van der Waals surface area contributed by atoms with Gasteiger partial charge in [0.2, 0.25) is 0 Å². The van der Waals surface area contributed by atoms with Crippen molar-refractivity contribution in [2.24, 2.45) is 13.0 Å². The van der Waals surface area contributed by atoms with Crippen LogP contribution in [0.3, 0.4) is 0 Å². The molecule has 0 bridgehead atoms. The fourth-order valence-corrected chi connectivity index (χ4v) is 2.84. The summed E-state index contributed by atoms with van der Waals surface area (Å²) >= 11 is 0. The zero-order valence-corrected chi connectivity index (χ0v) is 13.4. The SMILES string of the molecule is Cc1cnc(C(=O)N[C@@H](c2nccn2C)C2CCOCC2)cn1. The van der Waals surface area contributed by atoms with E-state index < -0.39 is 0 Å². The molecule has 7 heteroatoms. The number of rotatable bonds is 4. The minimum atomic E-state index is -0.225. The van der Waals surface area contributed by atoms with Gasteiger partial charge in [-0.3, -0.25) is 9.78 Å². The molecule has 1 aliphatic heterocycles. The van der Waals surface area contributed by atoms with E-state index in [2.05, 4.69) is 20.3 Å². The van der Waals surface area contributed by atoms with Crippen LogP contribution in [-0.4, -0.2) is 38.6 Å². The molecule has 1 N–H and O–H groups in total. The highest BCUT2D eigenvalue weighted by Crippen LogP contribution is 2.29. The average molecular weight is 315 g/mol. The Bertz CT molecular complexity index is 661. The quantitative estimate of drug-likeness (QED) is 0.922. The maximum Gasteiger partial charge on any atom is 0.272 e. The molecule has 1 fully saturated rings. The van der Waals surface area contributed by atoms with Gasteiger partial charge in [-0.05, 0) is 25.7 Å². The third kappa shape index (κ3) is 3.56. The van der Waals surface area contributed by atoms with E-state index in [-0.39, 0.29) is 11.9 Å². The maximum atomic E-state index is 12.5. The molecule has 2 aromatic rings. The van der Waals surface area contributed by atoms with E-state index in [4.69, 9.17) is 4.74 Å². The van der Waals surface area contributed by atoms with Gasteiger partial charge in [0, 0.05) is 38.9 Å². The second kappa shape index (κ2) is 6.87. The van der Waals surface area contributed by atoms with Crippen molar-refractivity contribution in [2.45, 2.75) is 25.8 Å². The number of carbonyl (C=O) groups excluding carboxylic acids is 1. The van der Waals surface area contributed by atoms with Gasteiger partial charge in [-0.2, -0.15) is 0 Å². The second-order valence-electron chi connectivity index (χ2n) is 5.84. The van der Waals surface area contributed by atoms with Crippen molar-refractivity contribution in [3.8, 4) is 0 Å². The zero-order chi connectivity index (χ0) is 16.2. The lowest BCUT2D eigenvalue weighted by molar-refractivity contribution is 0.0498. The normalized spacial score (nSPS) is 17.0. The molecule has 0 aliphatic carbocycles. The van der Waals surface area contributed by atoms with Crippen LogP contribution in [0.15, 0.2) is 24.8 Å². The summed E-state index contributed by atoms with van der Waals surface area (Å²) in [7, 11) is 1.94. The number of carbonyl (C=O) groups is 1. The minimum Gasteiger partial charge on any atom is -0.381 e. The fraction of sp³-hybridized carbons (Fsp3) is 0.500. The number of imidazole rings is 1. The van der Waals surface area contributed by atoms with Gasteiger partial charge in [-0.15, -0.1) is 0 Å². The number of nitrogens with one attached hydrogen (secondary N) is 1. The van der Waals surface area contributed by atoms with Gasteiger partial charge in [0.25, 0.3) is 5.91 Å². The molecule has 1 aliphatic rings. The average Bonchev–Trinajstić information content (AvgIpc) is 2.99. The lowest BCUT2D eigenvalue weighted by atomic mass is 9.91. The molecular weight excluding hydrogens is 294 g/mol. The van der Waals surface area contributed by atoms with Crippen LogP contribution in [0.4, 0.5) is 0 Å². The molecule has 0 saturated carbocycles. The smallest absolute Gasteiger partial charge is 0.272 e. The Morgan fingerprint density at radius 2 is 2.09 bits per heavy atom. The van der Waals surface area contributed by atoms with Crippen LogP contribution in [0.25, 0.3) is 0 Å². The molecule has 7 nitrogen and oxygen atoms in total. The number of amides is 1. The van der Waals surface area contributed by atoms with E-state index >= 15 is 0 Å². The van der Waals surface area contributed by atoms with Gasteiger partial charge in [0.15, 0.2) is 0 Å². The summed E-state index contributed by atoms with van der Waals surface area (Å²) in [6, 6.07) is -0.158. The monoisotopic (exact) mass is 315 g/mol. The number of aryl methyl sites for hydroxylation is 2. The molecule has 122 valence electrons. The number of hydrogen-bond donors (Lipinski definition) is 1. The first kappa shape index (κ1) is 15.6. The van der Waals surface area contributed by atoms with Gasteiger partial charge in [-0.25, -0.2) is 9.97 Å². The molecule has 0 aromatic carbocycles. The number of ether oxygens (including phenoxy) is 1. The highest BCUT2D eigenvalue weighted by atomic mass is 16.5. The molecule has 1 amide bonds. The van der Waals surface area contributed by atoms with E-state index in [0.29, 0.717) is 24.8 Å². The third-order valence-electron chi connectivity index (χ3n) is 4.17. The predicted molar refractivity (Wildman–Crippen MR) is 83.7 cm³/mol. The van der Waals surface area contributed by atoms with Crippen LogP contribution in [0.5, 0.6) is 0 Å². The summed E-state index contributed by atoms with van der Waals surface area (Å²) in [4.78, 5) is 25.2. The molecule has 0 unspecified atom stereocenters. The standard InChI is InChI=1S/C16H21N5O2/c1-11-9-19-13(10-18-11)16(22)20-14(12-3-7-23-8-4-12)15-17-5-6-21(15)2/h5-6,9-10,12,14H,3-4,7-8H2,1-2H3,(H,20,22)/t14-/m1/s1. The van der Waals surface area contributed by atoms with Crippen molar-refractivity contribution >= 4 is 5.91 Å². The molecule has 2 aromatic heterocycles. The van der Waals surface area contributed by atoms with Crippen molar-refractivity contribution < 1.29 is 9.53 Å². The van der Waals surface area contributed by atoms with E-state index in [9.17, 15) is 4.79 Å². The van der Waals surface area contributed by atoms with Crippen LogP contribution in [0, 0.1) is 12.8 Å². The Hall–Kier alpha value is -2.28. The molecule has 3 heterocycles. The zero-order valence-electron chi connectivity index (χ0n) is 13.4. The first-order chi connectivity index (χ1) is 11.1. The Kier molecular flexibility index (Phi) is 4.66. The predicted octanol–water partition coefficient (Wildman–Crippen LogP) is 1.42. The Labute approximate surface area is 135 Å². The van der Waals surface area contributed by atoms with Gasteiger partial charge >= 0.3 is 0 Å². The second-order valence-corrected chi connectivity index (χ2v) is 5.84. The molecule has 1 saturated heterocycles. The summed E-state index contributed by atoms with van der Waals surface area (Å²) in [5.74, 6) is 0.925. The minimum absolute atomic E-state index is 0.158. The Balaban J connectivity index is 1.82. The van der Waals surface area contributed by atoms with E-state index in [1.165, 1.54) is 6.20 Å². The topological polar surface area (TPSA) is 81.9 Å². The summed E-state index contributed by atoms with van der Waals surface area (Å²) < 4.78 is 7.38. The highest BCUT2D eigenvalue weighted by molar-refractivity contribution is 5.92. The van der Waals surface area contributed by atoms with Gasteiger partial charge in [0.05, 0.1) is 17.9 Å². The van der Waals surface area contributed by atoms with Crippen molar-refractivity contribution in [3.63, 3.8) is 0 Å². The van der Waals surface area contributed by atoms with Crippen LogP contribution in [0.1, 0.15) is 40.9 Å². The lowest BCUT2D eigenvalue weighted by Crippen LogP contribution is -2.37. The Morgan fingerprint density at radius 1 is 1.30 bits per heavy atom. The van der Waals surface area contributed by atoms with E-state index in [1.54, 1.807) is 12.4 Å². The van der Waals surface area contributed by atoms with Crippen LogP contribution >= 0.6 is 0 Å². The molecular formula is C16H21N5O2. The van der Waals surface area contributed by atoms with Crippen LogP contribution in [-0.2, 0) is 11.8 Å². The molecule has 3 rings (SSSR count). The largest absolute Gasteiger partial charge is 0.381 e. The maximum absolute atomic E-state index is 12.5. The summed E-state index contributed by atoms with van der Waals surface area (Å²) in [6.07, 6.45) is 8.54. The van der Waals surface area contributed by atoms with Crippen LogP contribution < -0.4 is 5.32 Å². The molecule has 0 radical (unpaired) electrons. The first-order valence-electron chi connectivity index (χ1n) is 7.79. The number of nitrogens with zero attached hydrogens (tertiary/aromatic N) is 4. The van der Waals surface area contributed by atoms with Crippen LogP contribution in [0.2, 0.25) is 0 Å². The van der Waals surface area contributed by atoms with Gasteiger partial charge in [-0.1, -0.05) is 0 Å². The number of hydrogen-bond acceptors (Lipinski definition) is 5. The van der Waals surface area contributed by atoms with Crippen molar-refractivity contribution in [3.05, 3.63) is 42.0 Å².